The molecule has 0 amide bonds. The fraction of sp³-hybridized carbons (Fsp3) is 0.200. The van der Waals surface area contributed by atoms with Crippen molar-refractivity contribution in [1.29, 1.82) is 0 Å². The van der Waals surface area contributed by atoms with Crippen LogP contribution >= 0.6 is 11.3 Å². The van der Waals surface area contributed by atoms with E-state index in [1.807, 2.05) is 24.5 Å². The Kier molecular flexibility index (Phi) is 7.76. The molecule has 2 aliphatic rings. The highest BCUT2D eigenvalue weighted by atomic mass is 32.1. The highest BCUT2D eigenvalue weighted by molar-refractivity contribution is 7.26. The molecule has 2 aromatic heterocycles. The summed E-state index contributed by atoms with van der Waals surface area (Å²) >= 11 is 1.92. The van der Waals surface area contributed by atoms with Crippen molar-refractivity contribution in [2.45, 2.75) is 64.7 Å². The van der Waals surface area contributed by atoms with Gasteiger partial charge in [-0.3, -0.25) is 0 Å². The molecule has 0 fully saturated rings. The summed E-state index contributed by atoms with van der Waals surface area (Å²) in [6.45, 7) is 11.1. The first-order valence-electron chi connectivity index (χ1n) is 19.4. The third kappa shape index (κ3) is 5.02. The van der Waals surface area contributed by atoms with Crippen molar-refractivity contribution in [3.63, 3.8) is 0 Å². The molecule has 0 radical (unpaired) electrons. The van der Waals surface area contributed by atoms with Crippen molar-refractivity contribution < 1.29 is 9.47 Å². The average molecular weight is 735 g/mol. The molecular weight excluding hydrogens is 693 g/mol. The third-order valence-corrected chi connectivity index (χ3v) is 13.6. The van der Waals surface area contributed by atoms with E-state index >= 15 is 0 Å². The molecule has 10 rings (SSSR count). The molecule has 0 bridgehead atoms. The van der Waals surface area contributed by atoms with Crippen LogP contribution in [0.4, 0.5) is 0 Å². The van der Waals surface area contributed by atoms with Crippen molar-refractivity contribution in [3.8, 4) is 34.1 Å². The van der Waals surface area contributed by atoms with Gasteiger partial charge in [0.1, 0.15) is 28.8 Å². The second kappa shape index (κ2) is 12.6. The molecule has 0 aliphatic carbocycles. The van der Waals surface area contributed by atoms with Crippen LogP contribution in [0.25, 0.3) is 31.3 Å². The molecule has 4 heterocycles. The van der Waals surface area contributed by atoms with Crippen molar-refractivity contribution >= 4 is 31.5 Å². The molecule has 0 saturated heterocycles. The topological polar surface area (TPSA) is 44.2 Å². The highest BCUT2D eigenvalue weighted by Gasteiger charge is 2.42. The molecular formula is C50H42N2O2S. The molecule has 2 aliphatic heterocycles. The lowest BCUT2D eigenvalue weighted by molar-refractivity contribution is 0.427. The molecule has 5 heteroatoms. The van der Waals surface area contributed by atoms with Crippen LogP contribution in [0.15, 0.2) is 128 Å². The summed E-state index contributed by atoms with van der Waals surface area (Å²) in [6.07, 6.45) is 5.28. The summed E-state index contributed by atoms with van der Waals surface area (Å²) < 4.78 is 15.7. The Morgan fingerprint density at radius 3 is 1.55 bits per heavy atom. The molecule has 6 aromatic carbocycles. The zero-order valence-electron chi connectivity index (χ0n) is 31.9. The fourth-order valence-corrected chi connectivity index (χ4v) is 10.6. The number of para-hydroxylation sites is 4. The first-order chi connectivity index (χ1) is 26.8. The normalized spacial score (nSPS) is 14.7. The molecule has 0 spiro atoms. The van der Waals surface area contributed by atoms with Crippen LogP contribution in [0.1, 0.15) is 84.1 Å². The van der Waals surface area contributed by atoms with Gasteiger partial charge >= 0.3 is 0 Å². The first-order valence-corrected chi connectivity index (χ1v) is 20.2. The predicted octanol–water partition coefficient (Wildman–Crippen LogP) is 13.4. The fourth-order valence-electron chi connectivity index (χ4n) is 9.25. The summed E-state index contributed by atoms with van der Waals surface area (Å²) in [6, 6.07) is 44.0. The van der Waals surface area contributed by atoms with Gasteiger partial charge in [-0.05, 0) is 99.7 Å². The van der Waals surface area contributed by atoms with Crippen molar-refractivity contribution in [1.82, 2.24) is 9.97 Å². The number of aromatic nitrogens is 2. The third-order valence-electron chi connectivity index (χ3n) is 12.2. The van der Waals surface area contributed by atoms with E-state index in [1.165, 1.54) is 53.6 Å². The summed E-state index contributed by atoms with van der Waals surface area (Å²) in [5.74, 6) is 4.39. The molecule has 0 unspecified atom stereocenters. The Balaban J connectivity index is 1.33. The van der Waals surface area contributed by atoms with E-state index in [2.05, 4.69) is 149 Å². The van der Waals surface area contributed by atoms with Crippen LogP contribution in [-0.2, 0) is 17.3 Å². The number of nitrogens with zero attached hydrogens (tertiary/aromatic N) is 2. The number of hydrogen-bond donors (Lipinski definition) is 0. The van der Waals surface area contributed by atoms with E-state index in [1.54, 1.807) is 0 Å². The number of ether oxygens (including phenoxy) is 2. The Labute approximate surface area is 326 Å². The van der Waals surface area contributed by atoms with E-state index in [4.69, 9.17) is 19.4 Å². The summed E-state index contributed by atoms with van der Waals surface area (Å²) in [5.41, 5.74) is 10.9. The van der Waals surface area contributed by atoms with Gasteiger partial charge in [-0.15, -0.1) is 11.3 Å². The van der Waals surface area contributed by atoms with E-state index in [0.29, 0.717) is 0 Å². The largest absolute Gasteiger partial charge is 0.457 e. The van der Waals surface area contributed by atoms with E-state index in [9.17, 15) is 0 Å². The van der Waals surface area contributed by atoms with Gasteiger partial charge in [-0.1, -0.05) is 92.2 Å². The maximum absolute atomic E-state index is 6.56. The van der Waals surface area contributed by atoms with Crippen molar-refractivity contribution in [2.75, 3.05) is 0 Å². The molecule has 0 N–H and O–H groups in total. The maximum Gasteiger partial charge on any atom is 0.131 e. The quantitative estimate of drug-likeness (QED) is 0.171. The molecule has 270 valence electrons. The zero-order valence-corrected chi connectivity index (χ0v) is 32.7. The monoisotopic (exact) mass is 734 g/mol. The number of aryl methyl sites for hydroxylation is 3. The smallest absolute Gasteiger partial charge is 0.131 e. The maximum atomic E-state index is 6.56. The van der Waals surface area contributed by atoms with Crippen LogP contribution in [0.5, 0.6) is 23.0 Å². The zero-order chi connectivity index (χ0) is 37.5. The Morgan fingerprint density at radius 1 is 0.582 bits per heavy atom. The standard InChI is InChI=1S/C50H42N2O2S/c1-6-7-16-32-25-33(49(4)39-17-8-12-21-43(39)53-44-22-13-9-18-40(44)49)26-35-36-27-34(28-37(48(36)55-47(32)35)38-29-51-31(3)52-30(38)2)50(5)41-19-10-14-23-45(41)54-46-24-15-11-20-42(46)50/h8-15,17-29H,6-7,16H2,1-5H3. The van der Waals surface area contributed by atoms with Crippen LogP contribution < -0.4 is 9.47 Å². The lowest BCUT2D eigenvalue weighted by atomic mass is 9.68. The van der Waals surface area contributed by atoms with E-state index < -0.39 is 10.8 Å². The van der Waals surface area contributed by atoms with Gasteiger partial charge in [0.2, 0.25) is 0 Å². The summed E-state index contributed by atoms with van der Waals surface area (Å²) in [5, 5.41) is 2.55. The Morgan fingerprint density at radius 2 is 1.05 bits per heavy atom. The van der Waals surface area contributed by atoms with Crippen molar-refractivity contribution in [2.24, 2.45) is 0 Å². The number of thiophene rings is 1. The Bertz CT molecular complexity index is 2740. The second-order valence-electron chi connectivity index (χ2n) is 15.5. The second-order valence-corrected chi connectivity index (χ2v) is 16.5. The lowest BCUT2D eigenvalue weighted by Crippen LogP contribution is -2.29. The van der Waals surface area contributed by atoms with Gasteiger partial charge in [-0.2, -0.15) is 0 Å². The van der Waals surface area contributed by atoms with Gasteiger partial charge in [0.05, 0.1) is 0 Å². The average Bonchev–Trinajstić information content (AvgIpc) is 3.59. The Hall–Kier alpha value is -5.78. The van der Waals surface area contributed by atoms with Gasteiger partial charge in [0.25, 0.3) is 0 Å². The number of rotatable bonds is 6. The van der Waals surface area contributed by atoms with Crippen LogP contribution in [-0.4, -0.2) is 9.97 Å². The minimum atomic E-state index is -0.491. The summed E-state index contributed by atoms with van der Waals surface area (Å²) in [7, 11) is 0. The van der Waals surface area contributed by atoms with Crippen LogP contribution in [0.3, 0.4) is 0 Å². The lowest BCUT2D eigenvalue weighted by Gasteiger charge is -2.38. The van der Waals surface area contributed by atoms with Gasteiger partial charge in [0, 0.05) is 76.3 Å². The van der Waals surface area contributed by atoms with E-state index in [-0.39, 0.29) is 0 Å². The van der Waals surface area contributed by atoms with Crippen LogP contribution in [0, 0.1) is 13.8 Å². The number of hydrogen-bond acceptors (Lipinski definition) is 5. The molecule has 0 atom stereocenters. The molecule has 8 aromatic rings. The SMILES string of the molecule is CCCCc1cc(C2(C)c3ccccc3Oc3ccccc32)cc2c1sc1c(-c3cnc(C)nc3C)cc(C3(C)c4ccccc4Oc4ccccc43)cc12. The van der Waals surface area contributed by atoms with Gasteiger partial charge < -0.3 is 9.47 Å². The molecule has 0 saturated carbocycles. The van der Waals surface area contributed by atoms with Crippen LogP contribution in [0.2, 0.25) is 0 Å². The van der Waals surface area contributed by atoms with Crippen molar-refractivity contribution in [3.05, 3.63) is 178 Å². The minimum absolute atomic E-state index is 0.429. The first kappa shape index (κ1) is 33.8. The number of benzene rings is 6. The number of fused-ring (bicyclic) bond motifs is 7. The highest BCUT2D eigenvalue weighted by Crippen LogP contribution is 2.56. The minimum Gasteiger partial charge on any atom is -0.457 e. The van der Waals surface area contributed by atoms with Gasteiger partial charge in [-0.25, -0.2) is 9.97 Å². The molecule has 4 nitrogen and oxygen atoms in total. The summed E-state index contributed by atoms with van der Waals surface area (Å²) in [4.78, 5) is 9.64. The van der Waals surface area contributed by atoms with Gasteiger partial charge in [0.15, 0.2) is 0 Å². The predicted molar refractivity (Wildman–Crippen MR) is 225 cm³/mol. The molecule has 55 heavy (non-hydrogen) atoms. The van der Waals surface area contributed by atoms with E-state index in [0.717, 1.165) is 70.5 Å². The number of unbranched alkanes of at least 4 members (excludes halogenated alkanes) is 1.